The van der Waals surface area contributed by atoms with E-state index in [-0.39, 0.29) is 12.1 Å². The summed E-state index contributed by atoms with van der Waals surface area (Å²) in [5, 5.41) is 5.77. The maximum Gasteiger partial charge on any atom is 0.407 e. The van der Waals surface area contributed by atoms with Gasteiger partial charge in [-0.05, 0) is 33.8 Å². The van der Waals surface area contributed by atoms with Crippen molar-refractivity contribution in [2.45, 2.75) is 39.8 Å². The Morgan fingerprint density at radius 2 is 2.17 bits per heavy atom. The van der Waals surface area contributed by atoms with Crippen LogP contribution in [0.15, 0.2) is 12.3 Å². The van der Waals surface area contributed by atoms with Crippen LogP contribution in [0.1, 0.15) is 26.5 Å². The molecule has 0 radical (unpaired) electrons. The van der Waals surface area contributed by atoms with Crippen molar-refractivity contribution in [2.75, 3.05) is 11.9 Å². The number of nitrogens with one attached hydrogen (secondary N) is 2. The van der Waals surface area contributed by atoms with Crippen molar-refractivity contribution in [3.05, 3.63) is 18.0 Å². The Labute approximate surface area is 107 Å². The summed E-state index contributed by atoms with van der Waals surface area (Å²) in [6.07, 6.45) is 1.16. The molecule has 1 amide bonds. The molecule has 100 valence electrons. The first-order chi connectivity index (χ1) is 8.47. The van der Waals surface area contributed by atoms with Crippen molar-refractivity contribution < 1.29 is 9.53 Å². The lowest BCUT2D eigenvalue weighted by Gasteiger charge is -2.16. The van der Waals surface area contributed by atoms with Gasteiger partial charge in [-0.15, -0.1) is 0 Å². The average Bonchev–Trinajstić information content (AvgIpc) is 2.25. The number of anilines is 1. The van der Waals surface area contributed by atoms with E-state index in [4.69, 9.17) is 4.74 Å². The van der Waals surface area contributed by atoms with Crippen LogP contribution in [-0.4, -0.2) is 34.8 Å². The van der Waals surface area contributed by atoms with Crippen molar-refractivity contribution in [3.8, 4) is 0 Å². The minimum absolute atomic E-state index is 0.0691. The van der Waals surface area contributed by atoms with Gasteiger partial charge >= 0.3 is 6.09 Å². The zero-order valence-corrected chi connectivity index (χ0v) is 11.2. The second kappa shape index (κ2) is 6.78. The van der Waals surface area contributed by atoms with Crippen molar-refractivity contribution in [1.29, 1.82) is 0 Å². The molecule has 0 aliphatic heterocycles. The summed E-state index contributed by atoms with van der Waals surface area (Å²) in [7, 11) is 0. The number of nitrogens with zero attached hydrogens (tertiary/aromatic N) is 2. The number of rotatable bonds is 5. The van der Waals surface area contributed by atoms with Crippen LogP contribution in [0.4, 0.5) is 10.7 Å². The van der Waals surface area contributed by atoms with Gasteiger partial charge in [-0.2, -0.15) is 0 Å². The smallest absolute Gasteiger partial charge is 0.407 e. The molecule has 0 aliphatic carbocycles. The highest BCUT2D eigenvalue weighted by atomic mass is 16.6. The highest BCUT2D eigenvalue weighted by Gasteiger charge is 2.09. The van der Waals surface area contributed by atoms with E-state index >= 15 is 0 Å². The topological polar surface area (TPSA) is 76.1 Å². The second-order valence-corrected chi connectivity index (χ2v) is 4.40. The van der Waals surface area contributed by atoms with E-state index < -0.39 is 6.09 Å². The molecule has 1 atom stereocenters. The monoisotopic (exact) mass is 252 g/mol. The minimum atomic E-state index is -0.413. The summed E-state index contributed by atoms with van der Waals surface area (Å²) in [6.45, 7) is 7.93. The highest BCUT2D eigenvalue weighted by molar-refractivity contribution is 5.67. The Balaban J connectivity index is 2.33. The van der Waals surface area contributed by atoms with Crippen molar-refractivity contribution in [2.24, 2.45) is 0 Å². The molecule has 1 heterocycles. The Bertz CT molecular complexity index is 395. The molecular weight excluding hydrogens is 232 g/mol. The van der Waals surface area contributed by atoms with Crippen LogP contribution < -0.4 is 10.6 Å². The molecule has 0 saturated heterocycles. The fraction of sp³-hybridized carbons (Fsp3) is 0.583. The quantitative estimate of drug-likeness (QED) is 0.834. The molecule has 6 heteroatoms. The second-order valence-electron chi connectivity index (χ2n) is 4.40. The maximum absolute atomic E-state index is 11.3. The summed E-state index contributed by atoms with van der Waals surface area (Å²) in [5.41, 5.74) is 0.896. The molecule has 6 nitrogen and oxygen atoms in total. The minimum Gasteiger partial charge on any atom is -0.447 e. The van der Waals surface area contributed by atoms with Crippen molar-refractivity contribution in [3.63, 3.8) is 0 Å². The van der Waals surface area contributed by atoms with Crippen LogP contribution in [0.5, 0.6) is 0 Å². The van der Waals surface area contributed by atoms with Gasteiger partial charge in [0, 0.05) is 24.5 Å². The predicted molar refractivity (Wildman–Crippen MR) is 69.5 cm³/mol. The fourth-order valence-corrected chi connectivity index (χ4v) is 1.28. The van der Waals surface area contributed by atoms with E-state index in [0.717, 1.165) is 5.69 Å². The molecule has 0 aromatic carbocycles. The fourth-order valence-electron chi connectivity index (χ4n) is 1.28. The van der Waals surface area contributed by atoms with Crippen molar-refractivity contribution >= 4 is 12.0 Å². The first-order valence-corrected chi connectivity index (χ1v) is 5.98. The Hall–Kier alpha value is -1.85. The van der Waals surface area contributed by atoms with E-state index in [0.29, 0.717) is 12.5 Å². The number of alkyl carbamates (subject to hydrolysis) is 1. The van der Waals surface area contributed by atoms with Gasteiger partial charge in [0.25, 0.3) is 0 Å². The molecule has 1 aromatic heterocycles. The molecule has 0 spiro atoms. The summed E-state index contributed by atoms with van der Waals surface area (Å²) in [4.78, 5) is 19.6. The van der Waals surface area contributed by atoms with Gasteiger partial charge in [-0.3, -0.25) is 0 Å². The van der Waals surface area contributed by atoms with Crippen LogP contribution in [0.3, 0.4) is 0 Å². The van der Waals surface area contributed by atoms with Crippen LogP contribution in [0.25, 0.3) is 0 Å². The lowest BCUT2D eigenvalue weighted by molar-refractivity contribution is 0.113. The molecule has 1 rings (SSSR count). The van der Waals surface area contributed by atoms with E-state index in [1.54, 1.807) is 6.20 Å². The zero-order valence-electron chi connectivity index (χ0n) is 11.2. The number of aromatic nitrogens is 2. The molecule has 0 aliphatic rings. The number of carbonyl (C=O) groups is 1. The van der Waals surface area contributed by atoms with Crippen LogP contribution >= 0.6 is 0 Å². The molecule has 0 fully saturated rings. The number of amides is 1. The number of hydrogen-bond donors (Lipinski definition) is 2. The van der Waals surface area contributed by atoms with Gasteiger partial charge in [0.05, 0.1) is 6.10 Å². The molecular formula is C12H20N4O2. The number of aryl methyl sites for hydroxylation is 1. The normalized spacial score (nSPS) is 12.1. The molecule has 0 unspecified atom stereocenters. The van der Waals surface area contributed by atoms with Crippen LogP contribution in [-0.2, 0) is 4.74 Å². The molecule has 18 heavy (non-hydrogen) atoms. The maximum atomic E-state index is 11.3. The third kappa shape index (κ3) is 5.47. The van der Waals surface area contributed by atoms with Gasteiger partial charge in [0.2, 0.25) is 5.95 Å². The van der Waals surface area contributed by atoms with Gasteiger partial charge in [-0.25, -0.2) is 14.8 Å². The lowest BCUT2D eigenvalue weighted by atomic mass is 10.3. The van der Waals surface area contributed by atoms with Gasteiger partial charge in [0.15, 0.2) is 0 Å². The third-order valence-electron chi connectivity index (χ3n) is 2.07. The standard InChI is InChI=1S/C12H20N4O2/c1-8(2)18-12(17)16-10(4)7-14-11-13-6-5-9(3)15-11/h5-6,8,10H,7H2,1-4H3,(H,16,17)(H,13,14,15)/t10-/m1/s1. The van der Waals surface area contributed by atoms with E-state index in [1.807, 2.05) is 33.8 Å². The molecule has 0 bridgehead atoms. The lowest BCUT2D eigenvalue weighted by Crippen LogP contribution is -2.38. The third-order valence-corrected chi connectivity index (χ3v) is 2.07. The summed E-state index contributed by atoms with van der Waals surface area (Å²) in [5.74, 6) is 0.556. The first kappa shape index (κ1) is 14.2. The van der Waals surface area contributed by atoms with Gasteiger partial charge in [-0.1, -0.05) is 0 Å². The van der Waals surface area contributed by atoms with Gasteiger partial charge in [0.1, 0.15) is 0 Å². The molecule has 2 N–H and O–H groups in total. The van der Waals surface area contributed by atoms with Crippen LogP contribution in [0.2, 0.25) is 0 Å². The average molecular weight is 252 g/mol. The van der Waals surface area contributed by atoms with E-state index in [9.17, 15) is 4.79 Å². The van der Waals surface area contributed by atoms with Gasteiger partial charge < -0.3 is 15.4 Å². The first-order valence-electron chi connectivity index (χ1n) is 5.98. The summed E-state index contributed by atoms with van der Waals surface area (Å²) >= 11 is 0. The Morgan fingerprint density at radius 3 is 2.78 bits per heavy atom. The number of ether oxygens (including phenoxy) is 1. The predicted octanol–water partition coefficient (Wildman–Crippen LogP) is 1.72. The summed E-state index contributed by atoms with van der Waals surface area (Å²) < 4.78 is 4.98. The molecule has 1 aromatic rings. The number of hydrogen-bond acceptors (Lipinski definition) is 5. The number of carbonyl (C=O) groups excluding carboxylic acids is 1. The van der Waals surface area contributed by atoms with E-state index in [2.05, 4.69) is 20.6 Å². The largest absolute Gasteiger partial charge is 0.447 e. The SMILES string of the molecule is Cc1ccnc(NC[C@@H](C)NC(=O)OC(C)C)n1. The summed E-state index contributed by atoms with van der Waals surface area (Å²) in [6, 6.07) is 1.76. The Kier molecular flexibility index (Phi) is 5.35. The zero-order chi connectivity index (χ0) is 13.5. The van der Waals surface area contributed by atoms with Crippen molar-refractivity contribution in [1.82, 2.24) is 15.3 Å². The Morgan fingerprint density at radius 1 is 1.44 bits per heavy atom. The van der Waals surface area contributed by atoms with E-state index in [1.165, 1.54) is 0 Å². The van der Waals surface area contributed by atoms with Crippen LogP contribution in [0, 0.1) is 6.92 Å². The highest BCUT2D eigenvalue weighted by Crippen LogP contribution is 1.99. The molecule has 0 saturated carbocycles.